The van der Waals surface area contributed by atoms with E-state index in [1.165, 1.54) is 12.8 Å². The Bertz CT molecular complexity index is 568. The van der Waals surface area contributed by atoms with Gasteiger partial charge in [-0.1, -0.05) is 0 Å². The van der Waals surface area contributed by atoms with Crippen molar-refractivity contribution in [1.82, 2.24) is 14.9 Å². The van der Waals surface area contributed by atoms with Crippen LogP contribution >= 0.6 is 0 Å². The van der Waals surface area contributed by atoms with Gasteiger partial charge in [0.05, 0.1) is 12.2 Å². The van der Waals surface area contributed by atoms with Gasteiger partial charge in [0.15, 0.2) is 0 Å². The third-order valence-electron chi connectivity index (χ3n) is 5.45. The average molecular weight is 331 g/mol. The Hall–Kier alpha value is -1.69. The van der Waals surface area contributed by atoms with Crippen LogP contribution in [-0.2, 0) is 9.53 Å². The van der Waals surface area contributed by atoms with Crippen molar-refractivity contribution in [3.05, 3.63) is 18.5 Å². The molecule has 4 rings (SSSR count). The molecule has 3 fully saturated rings. The Labute approximate surface area is 142 Å². The summed E-state index contributed by atoms with van der Waals surface area (Å²) in [5, 5.41) is 0. The molecule has 24 heavy (non-hydrogen) atoms. The maximum Gasteiger partial charge on any atom is 0.316 e. The van der Waals surface area contributed by atoms with E-state index in [1.807, 2.05) is 4.90 Å². The highest BCUT2D eigenvalue weighted by atomic mass is 16.5. The van der Waals surface area contributed by atoms with Crippen LogP contribution in [0.3, 0.4) is 0 Å². The molecule has 6 heteroatoms. The van der Waals surface area contributed by atoms with Crippen LogP contribution in [-0.4, -0.2) is 52.2 Å². The quantitative estimate of drug-likeness (QED) is 0.846. The lowest BCUT2D eigenvalue weighted by molar-refractivity contribution is -0.152. The zero-order valence-corrected chi connectivity index (χ0v) is 14.0. The summed E-state index contributed by atoms with van der Waals surface area (Å²) in [5.74, 6) is 0.983. The van der Waals surface area contributed by atoms with Crippen LogP contribution in [0.2, 0.25) is 0 Å². The van der Waals surface area contributed by atoms with Gasteiger partial charge in [-0.2, -0.15) is 0 Å². The molecule has 130 valence electrons. The van der Waals surface area contributed by atoms with Gasteiger partial charge >= 0.3 is 6.01 Å². The minimum Gasteiger partial charge on any atom is -0.460 e. The molecule has 1 saturated carbocycles. The summed E-state index contributed by atoms with van der Waals surface area (Å²) < 4.78 is 12.1. The Kier molecular flexibility index (Phi) is 4.39. The van der Waals surface area contributed by atoms with Crippen molar-refractivity contribution in [2.24, 2.45) is 5.92 Å². The second kappa shape index (κ2) is 6.67. The molecule has 1 aliphatic carbocycles. The zero-order chi connectivity index (χ0) is 16.4. The Morgan fingerprint density at radius 2 is 2.00 bits per heavy atom. The first-order valence-electron chi connectivity index (χ1n) is 9.08. The van der Waals surface area contributed by atoms with Gasteiger partial charge in [0, 0.05) is 44.7 Å². The molecular weight excluding hydrogens is 306 g/mol. The van der Waals surface area contributed by atoms with Gasteiger partial charge < -0.3 is 14.4 Å². The first-order chi connectivity index (χ1) is 11.7. The molecule has 2 aliphatic heterocycles. The van der Waals surface area contributed by atoms with Crippen LogP contribution in [0.15, 0.2) is 18.5 Å². The van der Waals surface area contributed by atoms with E-state index in [2.05, 4.69) is 9.97 Å². The molecule has 0 radical (unpaired) electrons. The van der Waals surface area contributed by atoms with E-state index in [1.54, 1.807) is 18.5 Å². The van der Waals surface area contributed by atoms with Gasteiger partial charge in [0.25, 0.3) is 0 Å². The van der Waals surface area contributed by atoms with Gasteiger partial charge in [-0.15, -0.1) is 0 Å². The van der Waals surface area contributed by atoms with E-state index in [0.717, 1.165) is 45.2 Å². The summed E-state index contributed by atoms with van der Waals surface area (Å²) in [6.45, 7) is 2.31. The normalized spacial score (nSPS) is 26.3. The number of hydrogen-bond acceptors (Lipinski definition) is 5. The predicted octanol–water partition coefficient (Wildman–Crippen LogP) is 2.20. The fourth-order valence-corrected chi connectivity index (χ4v) is 3.79. The third-order valence-corrected chi connectivity index (χ3v) is 5.45. The van der Waals surface area contributed by atoms with Crippen LogP contribution < -0.4 is 4.74 Å². The highest BCUT2D eigenvalue weighted by Gasteiger charge is 2.42. The van der Waals surface area contributed by atoms with Gasteiger partial charge in [0.2, 0.25) is 5.91 Å². The molecule has 1 atom stereocenters. The molecule has 1 aromatic heterocycles. The summed E-state index contributed by atoms with van der Waals surface area (Å²) in [6, 6.07) is 2.23. The number of piperidine rings is 1. The highest BCUT2D eigenvalue weighted by Crippen LogP contribution is 2.37. The van der Waals surface area contributed by atoms with Crippen LogP contribution in [0.1, 0.15) is 44.9 Å². The largest absolute Gasteiger partial charge is 0.460 e. The summed E-state index contributed by atoms with van der Waals surface area (Å²) >= 11 is 0. The minimum absolute atomic E-state index is 0.0925. The van der Waals surface area contributed by atoms with Crippen molar-refractivity contribution in [3.8, 4) is 6.01 Å². The molecule has 3 aliphatic rings. The Balaban J connectivity index is 1.31. The van der Waals surface area contributed by atoms with Crippen LogP contribution in [0.5, 0.6) is 6.01 Å². The van der Waals surface area contributed by atoms with Gasteiger partial charge in [-0.3, -0.25) is 4.79 Å². The minimum atomic E-state index is -0.145. The maximum atomic E-state index is 12.3. The molecule has 0 N–H and O–H groups in total. The molecule has 2 saturated heterocycles. The number of hydrogen-bond donors (Lipinski definition) is 0. The first-order valence-corrected chi connectivity index (χ1v) is 9.08. The summed E-state index contributed by atoms with van der Waals surface area (Å²) in [6.07, 6.45) is 10.2. The van der Waals surface area contributed by atoms with Crippen LogP contribution in [0.25, 0.3) is 0 Å². The number of carbonyl (C=O) groups excluding carboxylic acids is 1. The van der Waals surface area contributed by atoms with E-state index in [9.17, 15) is 4.79 Å². The number of aromatic nitrogens is 2. The fraction of sp³-hybridized carbons (Fsp3) is 0.722. The summed E-state index contributed by atoms with van der Waals surface area (Å²) in [5.41, 5.74) is -0.145. The van der Waals surface area contributed by atoms with E-state index in [4.69, 9.17) is 9.47 Å². The number of nitrogens with zero attached hydrogens (tertiary/aromatic N) is 3. The molecule has 3 heterocycles. The van der Waals surface area contributed by atoms with Crippen molar-refractivity contribution < 1.29 is 14.3 Å². The monoisotopic (exact) mass is 331 g/mol. The van der Waals surface area contributed by atoms with E-state index >= 15 is 0 Å². The first kappa shape index (κ1) is 15.8. The second-order valence-electron chi connectivity index (χ2n) is 7.32. The number of rotatable bonds is 4. The molecule has 1 unspecified atom stereocenters. The van der Waals surface area contributed by atoms with E-state index in [-0.39, 0.29) is 11.7 Å². The lowest BCUT2D eigenvalue weighted by atomic mass is 9.83. The smallest absolute Gasteiger partial charge is 0.316 e. The number of likely N-dealkylation sites (tertiary alicyclic amines) is 1. The maximum absolute atomic E-state index is 12.3. The van der Waals surface area contributed by atoms with Crippen LogP contribution in [0, 0.1) is 5.92 Å². The van der Waals surface area contributed by atoms with Gasteiger partial charge in [-0.25, -0.2) is 9.97 Å². The SMILES string of the molecule is O=C(CC1CC1)N1CCC2(CC1)CC(Oc1ncccn1)CCO2. The van der Waals surface area contributed by atoms with Crippen molar-refractivity contribution in [1.29, 1.82) is 0 Å². The molecule has 1 aromatic rings. The number of ether oxygens (including phenoxy) is 2. The van der Waals surface area contributed by atoms with Gasteiger partial charge in [-0.05, 0) is 37.7 Å². The predicted molar refractivity (Wildman–Crippen MR) is 87.5 cm³/mol. The van der Waals surface area contributed by atoms with Crippen molar-refractivity contribution in [3.63, 3.8) is 0 Å². The van der Waals surface area contributed by atoms with Crippen molar-refractivity contribution in [2.45, 2.75) is 56.7 Å². The topological polar surface area (TPSA) is 64.6 Å². The Morgan fingerprint density at radius 3 is 2.71 bits per heavy atom. The lowest BCUT2D eigenvalue weighted by Crippen LogP contribution is -2.52. The summed E-state index contributed by atoms with van der Waals surface area (Å²) in [7, 11) is 0. The number of carbonyl (C=O) groups is 1. The molecular formula is C18H25N3O3. The molecule has 6 nitrogen and oxygen atoms in total. The average Bonchev–Trinajstić information content (AvgIpc) is 3.40. The fourth-order valence-electron chi connectivity index (χ4n) is 3.79. The molecule has 1 spiro atoms. The lowest BCUT2D eigenvalue weighted by Gasteiger charge is -2.45. The highest BCUT2D eigenvalue weighted by molar-refractivity contribution is 5.76. The second-order valence-corrected chi connectivity index (χ2v) is 7.32. The third kappa shape index (κ3) is 3.69. The zero-order valence-electron chi connectivity index (χ0n) is 14.0. The molecule has 1 amide bonds. The standard InChI is InChI=1S/C18H25N3O3/c22-16(12-14-2-3-14)21-9-5-18(6-10-21)13-15(4-11-23-18)24-17-19-7-1-8-20-17/h1,7-8,14-15H,2-6,9-13H2. The van der Waals surface area contributed by atoms with Crippen molar-refractivity contribution >= 4 is 5.91 Å². The number of amides is 1. The van der Waals surface area contributed by atoms with Crippen LogP contribution in [0.4, 0.5) is 0 Å². The molecule has 0 bridgehead atoms. The van der Waals surface area contributed by atoms with E-state index < -0.39 is 0 Å². The van der Waals surface area contributed by atoms with Crippen molar-refractivity contribution in [2.75, 3.05) is 19.7 Å². The van der Waals surface area contributed by atoms with E-state index in [0.29, 0.717) is 24.4 Å². The summed E-state index contributed by atoms with van der Waals surface area (Å²) in [4.78, 5) is 22.6. The van der Waals surface area contributed by atoms with Gasteiger partial charge in [0.1, 0.15) is 6.10 Å². The Morgan fingerprint density at radius 1 is 1.25 bits per heavy atom. The molecule has 0 aromatic carbocycles.